The van der Waals surface area contributed by atoms with Crippen LogP contribution in [0.15, 0.2) is 70.7 Å². The van der Waals surface area contributed by atoms with Crippen molar-refractivity contribution in [2.24, 2.45) is 10.7 Å². The van der Waals surface area contributed by atoms with Crippen LogP contribution in [-0.2, 0) is 14.8 Å². The summed E-state index contributed by atoms with van der Waals surface area (Å²) in [5, 5.41) is 4.03. The summed E-state index contributed by atoms with van der Waals surface area (Å²) < 4.78 is 28.9. The molecule has 34 heavy (non-hydrogen) atoms. The SMILES string of the molecule is C[C@H](C(=O)N[C@@H]1CCN(c2ccc(S(=O)(=O)NC(=S)/N=C\N)cc2)C1)n1ccc2ccccc21. The van der Waals surface area contributed by atoms with Crippen molar-refractivity contribution in [2.45, 2.75) is 30.3 Å². The third-order valence-corrected chi connectivity index (χ3v) is 7.58. The molecule has 2 atom stereocenters. The Morgan fingerprint density at radius 2 is 1.94 bits per heavy atom. The standard InChI is InChI=1S/C23H26N6O3S2/c1-16(29-13-10-17-4-2-3-5-21(17)29)22(30)26-18-11-12-28(14-18)19-6-8-20(9-7-19)34(31,32)27-23(33)25-15-24/h2-10,13,15-16,18H,11-12,14H2,1H3,(H,26,30)(H3,24,25,27,33)/t16-,18-/m1/s1. The summed E-state index contributed by atoms with van der Waals surface area (Å²) in [6.45, 7) is 3.29. The molecular formula is C23H26N6O3S2. The quantitative estimate of drug-likeness (QED) is 0.272. The van der Waals surface area contributed by atoms with Gasteiger partial charge in [-0.1, -0.05) is 18.2 Å². The van der Waals surface area contributed by atoms with Crippen molar-refractivity contribution in [3.05, 3.63) is 60.8 Å². The fourth-order valence-corrected chi connectivity index (χ4v) is 5.39. The molecule has 2 aromatic carbocycles. The number of carbonyl (C=O) groups excluding carboxylic acids is 1. The van der Waals surface area contributed by atoms with E-state index in [-0.39, 0.29) is 28.0 Å². The van der Waals surface area contributed by atoms with E-state index in [1.807, 2.05) is 48.0 Å². The number of amides is 1. The number of nitrogens with zero attached hydrogens (tertiary/aromatic N) is 3. The predicted octanol–water partition coefficient (Wildman–Crippen LogP) is 2.15. The molecule has 1 fully saturated rings. The summed E-state index contributed by atoms with van der Waals surface area (Å²) >= 11 is 4.82. The predicted molar refractivity (Wildman–Crippen MR) is 137 cm³/mol. The minimum atomic E-state index is -3.83. The maximum absolute atomic E-state index is 12.9. The number of sulfonamides is 1. The molecular weight excluding hydrogens is 472 g/mol. The van der Waals surface area contributed by atoms with Crippen molar-refractivity contribution in [2.75, 3.05) is 18.0 Å². The summed E-state index contributed by atoms with van der Waals surface area (Å²) in [7, 11) is -3.83. The Bertz CT molecular complexity index is 1330. The van der Waals surface area contributed by atoms with Gasteiger partial charge in [0.2, 0.25) is 11.0 Å². The van der Waals surface area contributed by atoms with Gasteiger partial charge in [-0.2, -0.15) is 0 Å². The highest BCUT2D eigenvalue weighted by Crippen LogP contribution is 2.24. The summed E-state index contributed by atoms with van der Waals surface area (Å²) in [6, 6.07) is 16.2. The zero-order chi connectivity index (χ0) is 24.3. The summed E-state index contributed by atoms with van der Waals surface area (Å²) in [5.41, 5.74) is 7.04. The largest absolute Gasteiger partial charge is 0.390 e. The highest BCUT2D eigenvalue weighted by Gasteiger charge is 2.27. The van der Waals surface area contributed by atoms with Crippen LogP contribution in [0.4, 0.5) is 5.69 Å². The van der Waals surface area contributed by atoms with E-state index >= 15 is 0 Å². The van der Waals surface area contributed by atoms with E-state index in [0.717, 1.165) is 35.9 Å². The van der Waals surface area contributed by atoms with Gasteiger partial charge >= 0.3 is 0 Å². The summed E-state index contributed by atoms with van der Waals surface area (Å²) in [5.74, 6) is -0.0307. The Morgan fingerprint density at radius 3 is 2.68 bits per heavy atom. The number of benzene rings is 2. The molecule has 0 saturated carbocycles. The maximum atomic E-state index is 12.9. The van der Waals surface area contributed by atoms with Crippen LogP contribution in [0.5, 0.6) is 0 Å². The average Bonchev–Trinajstić information content (AvgIpc) is 3.46. The van der Waals surface area contributed by atoms with E-state index in [4.69, 9.17) is 18.0 Å². The number of para-hydroxylation sites is 1. The van der Waals surface area contributed by atoms with Crippen molar-refractivity contribution in [1.82, 2.24) is 14.6 Å². The number of nitrogens with one attached hydrogen (secondary N) is 2. The molecule has 178 valence electrons. The second-order valence-electron chi connectivity index (χ2n) is 8.08. The lowest BCUT2D eigenvalue weighted by molar-refractivity contribution is -0.124. The lowest BCUT2D eigenvalue weighted by Gasteiger charge is -2.21. The second-order valence-corrected chi connectivity index (χ2v) is 10.1. The van der Waals surface area contributed by atoms with Crippen LogP contribution in [-0.4, -0.2) is 49.5 Å². The minimum absolute atomic E-state index is 0.00773. The molecule has 1 aliphatic rings. The van der Waals surface area contributed by atoms with E-state index in [1.165, 1.54) is 12.1 Å². The van der Waals surface area contributed by atoms with Crippen LogP contribution in [0.1, 0.15) is 19.4 Å². The van der Waals surface area contributed by atoms with E-state index in [9.17, 15) is 13.2 Å². The molecule has 3 aromatic rings. The van der Waals surface area contributed by atoms with E-state index in [2.05, 4.69) is 19.9 Å². The second kappa shape index (κ2) is 9.82. The van der Waals surface area contributed by atoms with Crippen molar-refractivity contribution in [1.29, 1.82) is 0 Å². The number of fused-ring (bicyclic) bond motifs is 1. The van der Waals surface area contributed by atoms with Crippen LogP contribution in [0.25, 0.3) is 10.9 Å². The molecule has 0 bridgehead atoms. The lowest BCUT2D eigenvalue weighted by atomic mass is 10.2. The van der Waals surface area contributed by atoms with Crippen LogP contribution in [0, 0.1) is 0 Å². The zero-order valence-electron chi connectivity index (χ0n) is 18.6. The van der Waals surface area contributed by atoms with Crippen molar-refractivity contribution in [3.63, 3.8) is 0 Å². The Balaban J connectivity index is 1.37. The first-order valence-corrected chi connectivity index (χ1v) is 12.7. The van der Waals surface area contributed by atoms with Gasteiger partial charge in [0.05, 0.1) is 11.2 Å². The zero-order valence-corrected chi connectivity index (χ0v) is 20.2. The van der Waals surface area contributed by atoms with Gasteiger partial charge in [-0.05, 0) is 67.3 Å². The molecule has 4 N–H and O–H groups in total. The first kappa shape index (κ1) is 23.7. The molecule has 0 unspecified atom stereocenters. The Labute approximate surface area is 203 Å². The molecule has 0 radical (unpaired) electrons. The van der Waals surface area contributed by atoms with Gasteiger partial charge in [0, 0.05) is 36.5 Å². The maximum Gasteiger partial charge on any atom is 0.263 e. The van der Waals surface area contributed by atoms with Crippen LogP contribution in [0.2, 0.25) is 0 Å². The van der Waals surface area contributed by atoms with E-state index in [0.29, 0.717) is 6.54 Å². The Kier molecular flexibility index (Phi) is 6.85. The van der Waals surface area contributed by atoms with Crippen LogP contribution in [0.3, 0.4) is 0 Å². The molecule has 1 aliphatic heterocycles. The van der Waals surface area contributed by atoms with Crippen molar-refractivity contribution in [3.8, 4) is 0 Å². The highest BCUT2D eigenvalue weighted by atomic mass is 32.2. The molecule has 1 amide bonds. The molecule has 2 heterocycles. The molecule has 1 saturated heterocycles. The number of hydrogen-bond donors (Lipinski definition) is 3. The average molecular weight is 499 g/mol. The molecule has 9 nitrogen and oxygen atoms in total. The molecule has 1 aromatic heterocycles. The van der Waals surface area contributed by atoms with Gasteiger partial charge in [0.25, 0.3) is 10.0 Å². The normalized spacial score (nSPS) is 17.2. The van der Waals surface area contributed by atoms with Crippen molar-refractivity contribution >= 4 is 56.2 Å². The number of thiocarbonyl (C=S) groups is 1. The molecule has 0 spiro atoms. The third kappa shape index (κ3) is 5.05. The molecule has 4 rings (SSSR count). The minimum Gasteiger partial charge on any atom is -0.390 e. The first-order valence-electron chi connectivity index (χ1n) is 10.8. The smallest absolute Gasteiger partial charge is 0.263 e. The van der Waals surface area contributed by atoms with Gasteiger partial charge in [0.1, 0.15) is 6.04 Å². The number of hydrogen-bond acceptors (Lipinski definition) is 5. The fraction of sp³-hybridized carbons (Fsp3) is 0.261. The Morgan fingerprint density at radius 1 is 1.21 bits per heavy atom. The number of aromatic nitrogens is 1. The third-order valence-electron chi connectivity index (χ3n) is 5.89. The molecule has 0 aliphatic carbocycles. The van der Waals surface area contributed by atoms with Gasteiger partial charge in [0.15, 0.2) is 0 Å². The number of carbonyl (C=O) groups is 1. The summed E-state index contributed by atoms with van der Waals surface area (Å²) in [6.07, 6.45) is 3.67. The van der Waals surface area contributed by atoms with Gasteiger partial charge < -0.3 is 20.5 Å². The Hall–Kier alpha value is -3.44. The number of nitrogens with two attached hydrogens (primary N) is 1. The van der Waals surface area contributed by atoms with Crippen LogP contribution >= 0.6 is 12.2 Å². The summed E-state index contributed by atoms with van der Waals surface area (Å²) in [4.78, 5) is 18.7. The number of anilines is 1. The first-order chi connectivity index (χ1) is 16.3. The van der Waals surface area contributed by atoms with E-state index < -0.39 is 10.0 Å². The topological polar surface area (TPSA) is 122 Å². The highest BCUT2D eigenvalue weighted by molar-refractivity contribution is 7.91. The fourth-order valence-electron chi connectivity index (χ4n) is 4.11. The molecule has 11 heteroatoms. The number of aliphatic imine (C=N–C) groups is 1. The van der Waals surface area contributed by atoms with Gasteiger partial charge in [-0.25, -0.2) is 13.4 Å². The van der Waals surface area contributed by atoms with Crippen molar-refractivity contribution < 1.29 is 13.2 Å². The van der Waals surface area contributed by atoms with Crippen LogP contribution < -0.4 is 20.7 Å². The van der Waals surface area contributed by atoms with Gasteiger partial charge in [-0.15, -0.1) is 0 Å². The van der Waals surface area contributed by atoms with E-state index in [1.54, 1.807) is 12.1 Å². The number of rotatable bonds is 6. The van der Waals surface area contributed by atoms with Gasteiger partial charge in [-0.3, -0.25) is 9.52 Å². The lowest BCUT2D eigenvalue weighted by Crippen LogP contribution is -2.40. The monoisotopic (exact) mass is 498 g/mol.